The Labute approximate surface area is 661 Å². The summed E-state index contributed by atoms with van der Waals surface area (Å²) in [6, 6.07) is 78.6. The van der Waals surface area contributed by atoms with Crippen LogP contribution in [0, 0.1) is 34.5 Å². The van der Waals surface area contributed by atoms with E-state index in [2.05, 4.69) is 184 Å². The maximum atomic E-state index is 9.44. The minimum Gasteiger partial charge on any atom is -0.494 e. The van der Waals surface area contributed by atoms with Gasteiger partial charge in [0, 0.05) is 11.1 Å². The van der Waals surface area contributed by atoms with Crippen LogP contribution in [0.4, 0.5) is 0 Å². The van der Waals surface area contributed by atoms with Gasteiger partial charge in [-0.2, -0.15) is 10.5 Å². The Morgan fingerprint density at radius 3 is 0.864 bits per heavy atom. The molecule has 2 aliphatic carbocycles. The predicted octanol–water partition coefficient (Wildman–Crippen LogP) is 30.5. The molecule has 0 aliphatic heterocycles. The molecule has 0 N–H and O–H groups in total. The summed E-state index contributed by atoms with van der Waals surface area (Å²) in [5, 5.41) is 23.4. The number of hydrogen-bond acceptors (Lipinski definition) is 6. The molecule has 0 amide bonds. The van der Waals surface area contributed by atoms with Crippen LogP contribution in [0.15, 0.2) is 206 Å². The SMILES string of the molecule is CCCCCC1CCC(c2ccc(OCCCCCCCCCCCCOc3ccc4cc(-c5ccc(-c6ccc(C#N)cc6)cc5)ccc4c3-c3c(OCCCCCCCCCCCCOc4ccc(C5CCC(CCCCC)CC5)cc4)ccc4cc(-c5ccc(-c6ccc(C#N)cc6)cc5)ccc34)cc2)CC1. The van der Waals surface area contributed by atoms with Gasteiger partial charge in [-0.15, -0.1) is 0 Å². The van der Waals surface area contributed by atoms with Crippen molar-refractivity contribution in [3.05, 3.63) is 229 Å². The lowest BCUT2D eigenvalue weighted by Gasteiger charge is -2.29. The summed E-state index contributed by atoms with van der Waals surface area (Å²) in [5.41, 5.74) is 15.5. The van der Waals surface area contributed by atoms with E-state index in [1.807, 2.05) is 48.5 Å². The van der Waals surface area contributed by atoms with Gasteiger partial charge >= 0.3 is 0 Å². The number of rotatable bonds is 45. The van der Waals surface area contributed by atoms with E-state index in [1.165, 1.54) is 204 Å². The average molecular weight is 1470 g/mol. The quantitative estimate of drug-likeness (QED) is 0.0354. The molecule has 0 bridgehead atoms. The van der Waals surface area contributed by atoms with E-state index in [1.54, 1.807) is 0 Å². The summed E-state index contributed by atoms with van der Waals surface area (Å²) in [6.45, 7) is 7.51. The van der Waals surface area contributed by atoms with Crippen molar-refractivity contribution in [2.75, 3.05) is 26.4 Å². The molecule has 0 unspecified atom stereocenters. The van der Waals surface area contributed by atoms with Gasteiger partial charge in [0.1, 0.15) is 23.0 Å². The molecule has 2 aliphatic rings. The molecule has 0 radical (unpaired) electrons. The highest BCUT2D eigenvalue weighted by Gasteiger charge is 2.25. The fourth-order valence-corrected chi connectivity index (χ4v) is 17.5. The van der Waals surface area contributed by atoms with Gasteiger partial charge in [-0.1, -0.05) is 301 Å². The van der Waals surface area contributed by atoms with E-state index in [0.717, 1.165) is 176 Å². The van der Waals surface area contributed by atoms with Crippen molar-refractivity contribution in [2.24, 2.45) is 11.8 Å². The maximum Gasteiger partial charge on any atom is 0.127 e. The second kappa shape index (κ2) is 44.1. The van der Waals surface area contributed by atoms with Gasteiger partial charge in [-0.05, 0) is 251 Å². The van der Waals surface area contributed by atoms with Gasteiger partial charge in [0.15, 0.2) is 0 Å². The van der Waals surface area contributed by atoms with Crippen LogP contribution >= 0.6 is 0 Å². The molecule has 574 valence electrons. The number of nitriles is 2. The van der Waals surface area contributed by atoms with Crippen molar-refractivity contribution in [1.82, 2.24) is 0 Å². The second-order valence-corrected chi connectivity index (χ2v) is 32.3. The van der Waals surface area contributed by atoms with Crippen molar-refractivity contribution in [2.45, 2.75) is 257 Å². The Balaban J connectivity index is 0.652. The van der Waals surface area contributed by atoms with Crippen molar-refractivity contribution < 1.29 is 18.9 Å². The summed E-state index contributed by atoms with van der Waals surface area (Å²) >= 11 is 0. The Kier molecular flexibility index (Phi) is 32.2. The highest BCUT2D eigenvalue weighted by atomic mass is 16.5. The zero-order valence-electron chi connectivity index (χ0n) is 66.8. The normalized spacial score (nSPS) is 15.7. The van der Waals surface area contributed by atoms with Crippen molar-refractivity contribution in [3.63, 3.8) is 0 Å². The van der Waals surface area contributed by atoms with Gasteiger partial charge in [-0.3, -0.25) is 0 Å². The van der Waals surface area contributed by atoms with Gasteiger partial charge < -0.3 is 18.9 Å². The van der Waals surface area contributed by atoms with Crippen LogP contribution in [0.25, 0.3) is 77.2 Å². The lowest BCUT2D eigenvalue weighted by atomic mass is 9.77. The number of benzene rings is 10. The number of ether oxygens (including phenoxy) is 4. The minimum atomic E-state index is 0.641. The lowest BCUT2D eigenvalue weighted by molar-refractivity contribution is 0.299. The Morgan fingerprint density at radius 2 is 0.555 bits per heavy atom. The first-order valence-corrected chi connectivity index (χ1v) is 43.5. The maximum absolute atomic E-state index is 9.44. The summed E-state index contributed by atoms with van der Waals surface area (Å²) in [4.78, 5) is 0. The average Bonchev–Trinajstić information content (AvgIpc) is 0.745. The molecular formula is C104H124N2O4. The number of unbranched alkanes of at least 4 members (excludes halogenated alkanes) is 22. The molecule has 6 nitrogen and oxygen atoms in total. The molecule has 6 heteroatoms. The van der Waals surface area contributed by atoms with Crippen LogP contribution < -0.4 is 18.9 Å². The molecule has 0 saturated heterocycles. The Morgan fingerprint density at radius 1 is 0.273 bits per heavy atom. The van der Waals surface area contributed by atoms with Crippen LogP contribution in [-0.2, 0) is 0 Å². The minimum absolute atomic E-state index is 0.641. The fraction of sp³-hybridized carbons (Fsp3) is 0.442. The van der Waals surface area contributed by atoms with Crippen molar-refractivity contribution in [1.29, 1.82) is 10.5 Å². The molecule has 0 aromatic heterocycles. The Bertz CT molecular complexity index is 4140. The second-order valence-electron chi connectivity index (χ2n) is 32.3. The third-order valence-corrected chi connectivity index (χ3v) is 24.3. The predicted molar refractivity (Wildman–Crippen MR) is 463 cm³/mol. The van der Waals surface area contributed by atoms with Crippen LogP contribution in [0.2, 0.25) is 0 Å². The monoisotopic (exact) mass is 1460 g/mol. The topological polar surface area (TPSA) is 84.5 Å². The molecule has 2 fully saturated rings. The molecular weight excluding hydrogens is 1340 g/mol. The molecule has 12 rings (SSSR count). The zero-order chi connectivity index (χ0) is 75.6. The van der Waals surface area contributed by atoms with Crippen molar-refractivity contribution in [3.8, 4) is 90.8 Å². The first kappa shape index (κ1) is 80.4. The van der Waals surface area contributed by atoms with E-state index in [0.29, 0.717) is 24.3 Å². The van der Waals surface area contributed by atoms with E-state index in [4.69, 9.17) is 18.9 Å². The summed E-state index contributed by atoms with van der Waals surface area (Å²) in [5.74, 6) is 7.16. The van der Waals surface area contributed by atoms with E-state index >= 15 is 0 Å². The molecule has 0 spiro atoms. The van der Waals surface area contributed by atoms with E-state index < -0.39 is 0 Å². The summed E-state index contributed by atoms with van der Waals surface area (Å²) in [7, 11) is 0. The molecule has 10 aromatic rings. The van der Waals surface area contributed by atoms with Gasteiger partial charge in [0.2, 0.25) is 0 Å². The lowest BCUT2D eigenvalue weighted by Crippen LogP contribution is -2.13. The molecule has 110 heavy (non-hydrogen) atoms. The smallest absolute Gasteiger partial charge is 0.127 e. The van der Waals surface area contributed by atoms with Gasteiger partial charge in [0.25, 0.3) is 0 Å². The number of nitrogens with zero attached hydrogens (tertiary/aromatic N) is 2. The first-order chi connectivity index (χ1) is 54.4. The third kappa shape index (κ3) is 24.0. The largest absolute Gasteiger partial charge is 0.494 e. The van der Waals surface area contributed by atoms with Crippen LogP contribution in [0.3, 0.4) is 0 Å². The molecule has 0 atom stereocenters. The fourth-order valence-electron chi connectivity index (χ4n) is 17.5. The summed E-state index contributed by atoms with van der Waals surface area (Å²) < 4.78 is 26.6. The molecule has 2 saturated carbocycles. The van der Waals surface area contributed by atoms with Crippen LogP contribution in [0.5, 0.6) is 23.0 Å². The van der Waals surface area contributed by atoms with E-state index in [-0.39, 0.29) is 0 Å². The summed E-state index contributed by atoms with van der Waals surface area (Å²) in [6.07, 6.45) is 46.3. The first-order valence-electron chi connectivity index (χ1n) is 43.5. The highest BCUT2D eigenvalue weighted by molar-refractivity contribution is 6.11. The third-order valence-electron chi connectivity index (χ3n) is 24.3. The molecule has 0 heterocycles. The van der Waals surface area contributed by atoms with Crippen LogP contribution in [0.1, 0.15) is 279 Å². The highest BCUT2D eigenvalue weighted by Crippen LogP contribution is 2.48. The van der Waals surface area contributed by atoms with Gasteiger partial charge in [0.05, 0.1) is 49.7 Å². The van der Waals surface area contributed by atoms with E-state index in [9.17, 15) is 10.5 Å². The van der Waals surface area contributed by atoms with Gasteiger partial charge in [-0.25, -0.2) is 0 Å². The molecule has 10 aromatic carbocycles. The number of fused-ring (bicyclic) bond motifs is 2. The van der Waals surface area contributed by atoms with Crippen LogP contribution in [-0.4, -0.2) is 26.4 Å². The Hall–Kier alpha value is -9.10. The van der Waals surface area contributed by atoms with Crippen molar-refractivity contribution >= 4 is 21.5 Å². The standard InChI is InChI=1S/C104H124N2O4/c1-3-5-23-29-79-31-39-83(40-32-79)89-55-63-97(64-56-89)107-71-25-19-15-11-7-9-13-17-21-27-73-109-101-69-61-95-75-93(91-51-47-87(48-52-91)85-43-35-81(77-105)36-44-85)59-67-99(95)103(101)104-100-68-60-94(92-53-49-88(50-54-92)86-45-37-82(78-106)38-46-86)76-96(100)62-70-102(104)110-74-28-22-18-14-10-8-12-16-20-26-72-108-98-65-57-90(58-66-98)84-41-33-80(34-42-84)30-24-6-4-2/h35-38,43-70,75-76,79-80,83-84H,3-34,39-42,71-74H2,1-2H3. The zero-order valence-corrected chi connectivity index (χ0v) is 66.8. The number of hydrogen-bond donors (Lipinski definition) is 0.